The minimum atomic E-state index is -0.705. The van der Waals surface area contributed by atoms with Gasteiger partial charge in [0.05, 0.1) is 18.5 Å². The Kier molecular flexibility index (Phi) is 8.67. The second-order valence-electron chi connectivity index (χ2n) is 13.8. The maximum Gasteiger partial charge on any atom is 0.316 e. The van der Waals surface area contributed by atoms with Crippen LogP contribution in [0.4, 0.5) is 5.69 Å². The van der Waals surface area contributed by atoms with Gasteiger partial charge in [-0.2, -0.15) is 0 Å². The van der Waals surface area contributed by atoms with Crippen LogP contribution in [-0.2, 0) is 14.3 Å². The normalized spacial score (nSPS) is 37.2. The van der Waals surface area contributed by atoms with Crippen molar-refractivity contribution in [3.8, 4) is 5.75 Å². The second-order valence-corrected chi connectivity index (χ2v) is 15.4. The Morgan fingerprint density at radius 2 is 1.88 bits per heavy atom. The molecule has 0 aliphatic heterocycles. The number of nitrogens with one attached hydrogen (secondary N) is 1. The molecule has 8 atom stereocenters. The van der Waals surface area contributed by atoms with Crippen molar-refractivity contribution in [1.29, 1.82) is 0 Å². The third-order valence-electron chi connectivity index (χ3n) is 11.0. The monoisotopic (exact) mass is 589 g/mol. The highest BCUT2D eigenvalue weighted by Gasteiger charge is 2.68. The van der Waals surface area contributed by atoms with Crippen molar-refractivity contribution in [2.75, 3.05) is 24.2 Å². The van der Waals surface area contributed by atoms with Gasteiger partial charge in [-0.3, -0.25) is 19.2 Å². The molecule has 1 aromatic rings. The fraction of sp³-hybridized carbons (Fsp3) is 0.750. The summed E-state index contributed by atoms with van der Waals surface area (Å²) in [6.45, 7) is 18.7. The molecule has 0 spiro atoms. The first-order valence-corrected chi connectivity index (χ1v) is 15.9. The molecule has 0 saturated heterocycles. The summed E-state index contributed by atoms with van der Waals surface area (Å²) < 4.78 is 11.2. The van der Waals surface area contributed by atoms with Crippen LogP contribution in [0.1, 0.15) is 80.6 Å². The summed E-state index contributed by atoms with van der Waals surface area (Å²) in [5.41, 5.74) is -2.58. The Balaban J connectivity index is 1.53. The van der Waals surface area contributed by atoms with Gasteiger partial charge in [-0.1, -0.05) is 33.8 Å². The lowest BCUT2D eigenvalue weighted by atomic mass is 9.44. The molecule has 0 amide bonds. The zero-order chi connectivity index (χ0) is 30.5. The van der Waals surface area contributed by atoms with Gasteiger partial charge in [-0.25, -0.2) is 0 Å². The summed E-state index contributed by atoms with van der Waals surface area (Å²) in [4.78, 5) is 50.8. The van der Waals surface area contributed by atoms with Gasteiger partial charge in [0, 0.05) is 34.5 Å². The predicted octanol–water partition coefficient (Wildman–Crippen LogP) is 4.51. The molecule has 3 fully saturated rings. The Morgan fingerprint density at radius 1 is 1.20 bits per heavy atom. The molecule has 8 nitrogen and oxygen atoms in total. The molecular formula is C32H47NO7S. The number of carbonyl (C=O) groups is 2. The first-order valence-electron chi connectivity index (χ1n) is 15.0. The van der Waals surface area contributed by atoms with Crippen LogP contribution in [-0.4, -0.2) is 52.7 Å². The molecule has 228 valence electrons. The zero-order valence-electron chi connectivity index (χ0n) is 25.6. The number of ketones is 1. The molecule has 9 heteroatoms. The topological polar surface area (TPSA) is 119 Å². The minimum absolute atomic E-state index is 0.0659. The number of anilines is 1. The van der Waals surface area contributed by atoms with Crippen LogP contribution in [0.2, 0.25) is 0 Å². The van der Waals surface area contributed by atoms with Gasteiger partial charge in [-0.15, -0.1) is 18.3 Å². The molecule has 2 bridgehead atoms. The SMILES string of the molecule is C=C[C@]1(C)C[C@@H](OC(=O)CSC(C)(C)CNc2c(OCC)c(=O)c2=O)[C@]2(C)[C@H](C)CC[C@]3(CCC(=O)[C@H]32)[C@@H](C)[C@@H]1O. The van der Waals surface area contributed by atoms with Gasteiger partial charge in [0.1, 0.15) is 17.6 Å². The Morgan fingerprint density at radius 3 is 2.51 bits per heavy atom. The van der Waals surface area contributed by atoms with Crippen molar-refractivity contribution in [1.82, 2.24) is 0 Å². The second kappa shape index (κ2) is 11.2. The van der Waals surface area contributed by atoms with E-state index in [1.54, 1.807) is 13.0 Å². The van der Waals surface area contributed by atoms with Crippen molar-refractivity contribution < 1.29 is 24.2 Å². The first kappa shape index (κ1) is 31.8. The lowest BCUT2D eigenvalue weighted by molar-refractivity contribution is -0.205. The highest BCUT2D eigenvalue weighted by atomic mass is 32.2. The van der Waals surface area contributed by atoms with Gasteiger partial charge >= 0.3 is 5.97 Å². The van der Waals surface area contributed by atoms with Gasteiger partial charge in [0.2, 0.25) is 0 Å². The van der Waals surface area contributed by atoms with E-state index in [-0.39, 0.29) is 58.7 Å². The van der Waals surface area contributed by atoms with E-state index in [2.05, 4.69) is 32.7 Å². The predicted molar refractivity (Wildman–Crippen MR) is 162 cm³/mol. The van der Waals surface area contributed by atoms with E-state index in [4.69, 9.17) is 9.47 Å². The number of hydrogen-bond acceptors (Lipinski definition) is 9. The van der Waals surface area contributed by atoms with Gasteiger partial charge in [-0.05, 0) is 63.7 Å². The van der Waals surface area contributed by atoms with E-state index in [1.807, 2.05) is 20.8 Å². The number of thioether (sulfide) groups is 1. The number of rotatable bonds is 10. The van der Waals surface area contributed by atoms with Crippen molar-refractivity contribution in [2.45, 2.75) is 97.5 Å². The summed E-state index contributed by atoms with van der Waals surface area (Å²) in [7, 11) is 0. The van der Waals surface area contributed by atoms with Crippen molar-refractivity contribution in [3.05, 3.63) is 33.1 Å². The number of esters is 1. The number of Topliss-reactive ketones (excluding diaryl/α,β-unsaturated/α-hetero) is 1. The van der Waals surface area contributed by atoms with E-state index in [9.17, 15) is 24.3 Å². The van der Waals surface area contributed by atoms with Crippen molar-refractivity contribution >= 4 is 29.2 Å². The highest BCUT2D eigenvalue weighted by molar-refractivity contribution is 8.01. The van der Waals surface area contributed by atoms with Crippen LogP contribution >= 0.6 is 11.8 Å². The van der Waals surface area contributed by atoms with Crippen molar-refractivity contribution in [3.63, 3.8) is 0 Å². The number of hydrogen-bond donors (Lipinski definition) is 2. The Labute approximate surface area is 247 Å². The first-order chi connectivity index (χ1) is 19.1. The zero-order valence-corrected chi connectivity index (χ0v) is 26.4. The van der Waals surface area contributed by atoms with E-state index < -0.39 is 38.6 Å². The number of aliphatic hydroxyl groups is 1. The van der Waals surface area contributed by atoms with E-state index in [1.165, 1.54) is 11.8 Å². The molecule has 3 aliphatic rings. The van der Waals surface area contributed by atoms with Crippen LogP contribution in [0.15, 0.2) is 22.2 Å². The molecule has 0 aromatic heterocycles. The van der Waals surface area contributed by atoms with Crippen LogP contribution in [0, 0.1) is 34.0 Å². The molecule has 4 rings (SSSR count). The van der Waals surface area contributed by atoms with E-state index >= 15 is 0 Å². The summed E-state index contributed by atoms with van der Waals surface area (Å²) in [5, 5.41) is 14.7. The fourth-order valence-electron chi connectivity index (χ4n) is 8.11. The Bertz CT molecular complexity index is 1270. The van der Waals surface area contributed by atoms with Gasteiger partial charge in [0.15, 0.2) is 5.75 Å². The molecule has 3 aliphatic carbocycles. The summed E-state index contributed by atoms with van der Waals surface area (Å²) in [6, 6.07) is 0. The average Bonchev–Trinajstić information content (AvgIpc) is 3.29. The Hall–Kier alpha value is -2.13. The maximum absolute atomic E-state index is 13.6. The van der Waals surface area contributed by atoms with E-state index in [0.717, 1.165) is 19.3 Å². The van der Waals surface area contributed by atoms with Crippen LogP contribution in [0.25, 0.3) is 0 Å². The smallest absolute Gasteiger partial charge is 0.316 e. The standard InChI is InChI=1S/C32H47NO7S/c1-9-30(7)15-21(31(8)18(3)11-13-32(19(4)28(30)38)14-12-20(34)27(31)32)40-22(35)16-41-29(5,6)17-33-23-24(36)25(37)26(23)39-10-2/h9,18-19,21,27-28,33,38H,1,10-17H2,2-8H3/t18-,19+,21-,27+,28+,30-,31+,32+/m1/s1. The fourth-order valence-corrected chi connectivity index (χ4v) is 8.86. The summed E-state index contributed by atoms with van der Waals surface area (Å²) >= 11 is 1.39. The van der Waals surface area contributed by atoms with Crippen LogP contribution in [0.5, 0.6) is 5.75 Å². The molecule has 2 N–H and O–H groups in total. The highest BCUT2D eigenvalue weighted by Crippen LogP contribution is 2.68. The molecule has 1 aromatic carbocycles. The quantitative estimate of drug-likeness (QED) is 0.231. The van der Waals surface area contributed by atoms with Crippen molar-refractivity contribution in [2.24, 2.45) is 34.0 Å². The number of carbonyl (C=O) groups excluding carboxylic acids is 2. The molecule has 3 saturated carbocycles. The molecular weight excluding hydrogens is 542 g/mol. The molecule has 0 radical (unpaired) electrons. The van der Waals surface area contributed by atoms with Crippen LogP contribution in [0.3, 0.4) is 0 Å². The lowest BCUT2D eigenvalue weighted by Crippen LogP contribution is -2.63. The number of aliphatic hydroxyl groups excluding tert-OH is 1. The largest absolute Gasteiger partial charge is 0.488 e. The molecule has 41 heavy (non-hydrogen) atoms. The van der Waals surface area contributed by atoms with E-state index in [0.29, 0.717) is 19.4 Å². The third kappa shape index (κ3) is 5.19. The number of ether oxygens (including phenoxy) is 2. The third-order valence-corrected chi connectivity index (χ3v) is 12.3. The lowest BCUT2D eigenvalue weighted by Gasteiger charge is -2.61. The molecule has 0 heterocycles. The summed E-state index contributed by atoms with van der Waals surface area (Å²) in [6.07, 6.45) is 4.01. The van der Waals surface area contributed by atoms with Gasteiger partial charge < -0.3 is 19.9 Å². The summed E-state index contributed by atoms with van der Waals surface area (Å²) in [5.74, 6) is -0.177. The maximum atomic E-state index is 13.6. The minimum Gasteiger partial charge on any atom is -0.488 e. The van der Waals surface area contributed by atoms with Crippen LogP contribution < -0.4 is 20.9 Å². The average molecular weight is 590 g/mol. The van der Waals surface area contributed by atoms with Gasteiger partial charge in [0.25, 0.3) is 10.9 Å². The molecule has 0 unspecified atom stereocenters.